The average molecular weight is 245 g/mol. The first-order valence-corrected chi connectivity index (χ1v) is 5.75. The molecule has 0 aliphatic rings. The van der Waals surface area contributed by atoms with Crippen LogP contribution in [0.15, 0.2) is 36.8 Å². The first-order valence-electron chi connectivity index (χ1n) is 5.75. The van der Waals surface area contributed by atoms with E-state index < -0.39 is 0 Å². The molecule has 2 heterocycles. The van der Waals surface area contributed by atoms with Crippen LogP contribution in [-0.2, 0) is 13.0 Å². The molecular weight excluding hydrogens is 230 g/mol. The van der Waals surface area contributed by atoms with Crippen LogP contribution in [0.1, 0.15) is 21.6 Å². The Morgan fingerprint density at radius 3 is 3.06 bits per heavy atom. The lowest BCUT2D eigenvalue weighted by Gasteiger charge is -2.05. The minimum Gasteiger partial charge on any atom is -0.396 e. The Bertz CT molecular complexity index is 509. The second-order valence-corrected chi connectivity index (χ2v) is 3.91. The number of aromatic nitrogens is 2. The highest BCUT2D eigenvalue weighted by molar-refractivity contribution is 5.94. The topological polar surface area (TPSA) is 78.0 Å². The van der Waals surface area contributed by atoms with Crippen molar-refractivity contribution in [1.29, 1.82) is 0 Å². The normalized spacial score (nSPS) is 10.3. The van der Waals surface area contributed by atoms with Crippen LogP contribution in [0.5, 0.6) is 0 Å². The van der Waals surface area contributed by atoms with E-state index in [1.807, 2.05) is 18.5 Å². The maximum Gasteiger partial charge on any atom is 0.251 e. The summed E-state index contributed by atoms with van der Waals surface area (Å²) < 4.78 is 0. The maximum absolute atomic E-state index is 11.9. The molecule has 2 aromatic rings. The van der Waals surface area contributed by atoms with Crippen molar-refractivity contribution < 1.29 is 9.90 Å². The summed E-state index contributed by atoms with van der Waals surface area (Å²) in [6, 6.07) is 5.26. The molecule has 94 valence electrons. The number of H-pyrrole nitrogens is 1. The Morgan fingerprint density at radius 2 is 2.33 bits per heavy atom. The number of aliphatic hydroxyl groups excluding tert-OH is 1. The Labute approximate surface area is 105 Å². The van der Waals surface area contributed by atoms with Gasteiger partial charge in [0.15, 0.2) is 0 Å². The quantitative estimate of drug-likeness (QED) is 0.731. The van der Waals surface area contributed by atoms with Crippen molar-refractivity contribution in [2.24, 2.45) is 0 Å². The zero-order chi connectivity index (χ0) is 12.8. The third-order valence-corrected chi connectivity index (χ3v) is 2.56. The minimum atomic E-state index is -0.141. The van der Waals surface area contributed by atoms with Crippen LogP contribution in [0.4, 0.5) is 0 Å². The predicted molar refractivity (Wildman–Crippen MR) is 67.0 cm³/mol. The van der Waals surface area contributed by atoms with E-state index in [1.165, 1.54) is 0 Å². The molecule has 0 unspecified atom stereocenters. The summed E-state index contributed by atoms with van der Waals surface area (Å²) >= 11 is 0. The van der Waals surface area contributed by atoms with Crippen molar-refractivity contribution in [2.45, 2.75) is 13.0 Å². The van der Waals surface area contributed by atoms with Crippen molar-refractivity contribution in [3.05, 3.63) is 53.6 Å². The molecule has 0 bridgehead atoms. The SMILES string of the molecule is O=C(NCc1cc[nH]c1)c1ccnc(CCO)c1. The van der Waals surface area contributed by atoms with Gasteiger partial charge < -0.3 is 15.4 Å². The number of carbonyl (C=O) groups excluding carboxylic acids is 1. The molecule has 18 heavy (non-hydrogen) atoms. The molecule has 0 fully saturated rings. The monoisotopic (exact) mass is 245 g/mol. The van der Waals surface area contributed by atoms with Gasteiger partial charge in [0.05, 0.1) is 0 Å². The van der Waals surface area contributed by atoms with Gasteiger partial charge in [0.1, 0.15) is 0 Å². The van der Waals surface area contributed by atoms with Gasteiger partial charge in [-0.15, -0.1) is 0 Å². The number of pyridine rings is 1. The molecule has 0 spiro atoms. The number of aromatic amines is 1. The van der Waals surface area contributed by atoms with Crippen LogP contribution < -0.4 is 5.32 Å². The Morgan fingerprint density at radius 1 is 1.44 bits per heavy atom. The Balaban J connectivity index is 1.97. The lowest BCUT2D eigenvalue weighted by atomic mass is 10.2. The van der Waals surface area contributed by atoms with Crippen LogP contribution >= 0.6 is 0 Å². The fourth-order valence-electron chi connectivity index (χ4n) is 1.62. The second-order valence-electron chi connectivity index (χ2n) is 3.91. The Kier molecular flexibility index (Phi) is 4.09. The van der Waals surface area contributed by atoms with E-state index in [-0.39, 0.29) is 12.5 Å². The maximum atomic E-state index is 11.9. The third kappa shape index (κ3) is 3.18. The predicted octanol–water partition coefficient (Wildman–Crippen LogP) is 0.874. The molecule has 0 saturated carbocycles. The summed E-state index contributed by atoms with van der Waals surface area (Å²) in [6.45, 7) is 0.515. The number of amides is 1. The lowest BCUT2D eigenvalue weighted by Crippen LogP contribution is -2.22. The molecule has 5 heteroatoms. The fraction of sp³-hybridized carbons (Fsp3) is 0.231. The third-order valence-electron chi connectivity index (χ3n) is 2.56. The number of carbonyl (C=O) groups is 1. The lowest BCUT2D eigenvalue weighted by molar-refractivity contribution is 0.0950. The zero-order valence-corrected chi connectivity index (χ0v) is 9.89. The highest BCUT2D eigenvalue weighted by Gasteiger charge is 2.06. The van der Waals surface area contributed by atoms with E-state index in [4.69, 9.17) is 5.11 Å². The molecule has 1 amide bonds. The fourth-order valence-corrected chi connectivity index (χ4v) is 1.62. The van der Waals surface area contributed by atoms with Gasteiger partial charge >= 0.3 is 0 Å². The molecule has 0 aliphatic heterocycles. The average Bonchev–Trinajstić information content (AvgIpc) is 2.90. The standard InChI is InChI=1S/C13H15N3O2/c17-6-3-12-7-11(2-5-15-12)13(18)16-9-10-1-4-14-8-10/h1-2,4-5,7-8,14,17H,3,6,9H2,(H,16,18). The summed E-state index contributed by atoms with van der Waals surface area (Å²) in [5.41, 5.74) is 2.30. The van der Waals surface area contributed by atoms with Gasteiger partial charge in [0.25, 0.3) is 5.91 Å². The molecule has 0 aliphatic carbocycles. The van der Waals surface area contributed by atoms with Crippen molar-refractivity contribution in [3.8, 4) is 0 Å². The van der Waals surface area contributed by atoms with E-state index in [9.17, 15) is 4.79 Å². The number of aliphatic hydroxyl groups is 1. The van der Waals surface area contributed by atoms with Crippen LogP contribution in [0, 0.1) is 0 Å². The summed E-state index contributed by atoms with van der Waals surface area (Å²) in [6.07, 6.45) is 5.69. The molecule has 5 nitrogen and oxygen atoms in total. The van der Waals surface area contributed by atoms with E-state index in [0.717, 1.165) is 5.56 Å². The van der Waals surface area contributed by atoms with E-state index >= 15 is 0 Å². The van der Waals surface area contributed by atoms with Crippen LogP contribution in [0.2, 0.25) is 0 Å². The van der Waals surface area contributed by atoms with Gasteiger partial charge in [0, 0.05) is 49.4 Å². The van der Waals surface area contributed by atoms with Gasteiger partial charge in [-0.25, -0.2) is 0 Å². The van der Waals surface area contributed by atoms with Crippen molar-refractivity contribution >= 4 is 5.91 Å². The highest BCUT2D eigenvalue weighted by Crippen LogP contribution is 2.03. The molecule has 2 rings (SSSR count). The van der Waals surface area contributed by atoms with E-state index in [2.05, 4.69) is 15.3 Å². The number of nitrogens with zero attached hydrogens (tertiary/aromatic N) is 1. The Hall–Kier alpha value is -2.14. The van der Waals surface area contributed by atoms with Gasteiger partial charge in [-0.2, -0.15) is 0 Å². The smallest absolute Gasteiger partial charge is 0.251 e. The van der Waals surface area contributed by atoms with E-state index in [0.29, 0.717) is 24.2 Å². The zero-order valence-electron chi connectivity index (χ0n) is 9.89. The van der Waals surface area contributed by atoms with Gasteiger partial charge in [-0.3, -0.25) is 9.78 Å². The summed E-state index contributed by atoms with van der Waals surface area (Å²) in [5.74, 6) is -0.141. The molecule has 0 saturated heterocycles. The number of hydrogen-bond acceptors (Lipinski definition) is 3. The van der Waals surface area contributed by atoms with Gasteiger partial charge in [0.2, 0.25) is 0 Å². The van der Waals surface area contributed by atoms with E-state index in [1.54, 1.807) is 18.3 Å². The van der Waals surface area contributed by atoms with Crippen LogP contribution in [0.3, 0.4) is 0 Å². The molecular formula is C13H15N3O2. The number of nitrogens with one attached hydrogen (secondary N) is 2. The molecule has 0 atom stereocenters. The summed E-state index contributed by atoms with van der Waals surface area (Å²) in [4.78, 5) is 18.9. The van der Waals surface area contributed by atoms with Crippen LogP contribution in [0.25, 0.3) is 0 Å². The second kappa shape index (κ2) is 5.97. The minimum absolute atomic E-state index is 0.0292. The molecule has 2 aromatic heterocycles. The summed E-state index contributed by atoms with van der Waals surface area (Å²) in [5, 5.41) is 11.7. The van der Waals surface area contributed by atoms with Crippen molar-refractivity contribution in [1.82, 2.24) is 15.3 Å². The molecule has 0 radical (unpaired) electrons. The largest absolute Gasteiger partial charge is 0.396 e. The molecule has 0 aromatic carbocycles. The number of hydrogen-bond donors (Lipinski definition) is 3. The van der Waals surface area contributed by atoms with Crippen molar-refractivity contribution in [2.75, 3.05) is 6.61 Å². The highest BCUT2D eigenvalue weighted by atomic mass is 16.3. The first-order chi connectivity index (χ1) is 8.79. The van der Waals surface area contributed by atoms with Crippen LogP contribution in [-0.4, -0.2) is 27.6 Å². The van der Waals surface area contributed by atoms with Crippen molar-refractivity contribution in [3.63, 3.8) is 0 Å². The van der Waals surface area contributed by atoms with Gasteiger partial charge in [-0.05, 0) is 23.8 Å². The summed E-state index contributed by atoms with van der Waals surface area (Å²) in [7, 11) is 0. The van der Waals surface area contributed by atoms with Gasteiger partial charge in [-0.1, -0.05) is 0 Å². The molecule has 3 N–H and O–H groups in total. The first kappa shape index (κ1) is 12.3. The number of rotatable bonds is 5.